The number of nitrogens with zero attached hydrogens (tertiary/aromatic N) is 2. The number of hydrogen-bond donors (Lipinski definition) is 7. The minimum Gasteiger partial charge on any atom is -0.491 e. The summed E-state index contributed by atoms with van der Waals surface area (Å²) in [7, 11) is 0. The molecule has 50 heavy (non-hydrogen) atoms. The van der Waals surface area contributed by atoms with Crippen LogP contribution in [0.1, 0.15) is 83.1 Å². The summed E-state index contributed by atoms with van der Waals surface area (Å²) in [4.78, 5) is 15.6. The lowest BCUT2D eigenvalue weighted by molar-refractivity contribution is 0.170. The van der Waals surface area contributed by atoms with Crippen molar-refractivity contribution in [2.75, 3.05) is 25.1 Å². The van der Waals surface area contributed by atoms with Crippen molar-refractivity contribution in [2.24, 2.45) is 5.41 Å². The topological polar surface area (TPSA) is 172 Å². The molecule has 0 bridgehead atoms. The fourth-order valence-corrected chi connectivity index (χ4v) is 6.23. The molecule has 1 fully saturated rings. The Balaban J connectivity index is 1.30. The second-order valence-electron chi connectivity index (χ2n) is 13.9. The average molecular weight is 683 g/mol. The highest BCUT2D eigenvalue weighted by atomic mass is 16.5. The predicted octanol–water partition coefficient (Wildman–Crippen LogP) is 6.27. The smallest absolute Gasteiger partial charge is 0.320 e. The molecule has 7 N–H and O–H groups in total. The summed E-state index contributed by atoms with van der Waals surface area (Å²) in [6.45, 7) is 8.79. The highest BCUT2D eigenvalue weighted by Gasteiger charge is 2.30. The number of piperidine rings is 1. The fraction of sp³-hybridized carbons (Fsp3) is 0.421. The van der Waals surface area contributed by atoms with Crippen molar-refractivity contribution in [1.82, 2.24) is 20.1 Å². The lowest BCUT2D eigenvalue weighted by Gasteiger charge is -2.36. The molecule has 2 amide bonds. The zero-order chi connectivity index (χ0) is 35.8. The summed E-state index contributed by atoms with van der Waals surface area (Å²) in [5.41, 5.74) is 2.68. The molecule has 0 unspecified atom stereocenters. The summed E-state index contributed by atoms with van der Waals surface area (Å²) >= 11 is 0. The van der Waals surface area contributed by atoms with Crippen LogP contribution in [0, 0.1) is 21.6 Å². The molecule has 3 atom stereocenters. The van der Waals surface area contributed by atoms with E-state index < -0.39 is 11.4 Å². The van der Waals surface area contributed by atoms with Crippen LogP contribution in [0.15, 0.2) is 78.8 Å². The Morgan fingerprint density at radius 3 is 2.52 bits per heavy atom. The number of likely N-dealkylation sites (tertiary alicyclic amines) is 1. The van der Waals surface area contributed by atoms with Gasteiger partial charge in [-0.3, -0.25) is 20.7 Å². The molecule has 12 heteroatoms. The zero-order valence-corrected chi connectivity index (χ0v) is 29.4. The number of aromatic nitrogens is 1. The molecule has 266 valence electrons. The van der Waals surface area contributed by atoms with Crippen molar-refractivity contribution in [1.29, 1.82) is 16.2 Å². The van der Waals surface area contributed by atoms with Gasteiger partial charge >= 0.3 is 6.03 Å². The summed E-state index contributed by atoms with van der Waals surface area (Å²) in [6.07, 6.45) is 7.55. The third-order valence-corrected chi connectivity index (χ3v) is 9.06. The number of pyridine rings is 1. The van der Waals surface area contributed by atoms with Crippen LogP contribution in [0.2, 0.25) is 0 Å². The van der Waals surface area contributed by atoms with E-state index in [0.717, 1.165) is 36.9 Å². The highest BCUT2D eigenvalue weighted by molar-refractivity contribution is 5.97. The molecule has 5 rings (SSSR count). The summed E-state index contributed by atoms with van der Waals surface area (Å²) in [5, 5.41) is 44.3. The van der Waals surface area contributed by atoms with Gasteiger partial charge in [-0.05, 0) is 74.4 Å². The lowest BCUT2D eigenvalue weighted by atomic mass is 9.85. The number of carbonyl (C=O) groups is 1. The summed E-state index contributed by atoms with van der Waals surface area (Å²) in [6, 6.07) is 18.1. The fourth-order valence-electron chi connectivity index (χ4n) is 6.23. The molecule has 1 aromatic heterocycles. The van der Waals surface area contributed by atoms with Gasteiger partial charge in [-0.1, -0.05) is 51.1 Å². The summed E-state index contributed by atoms with van der Waals surface area (Å²) < 4.78 is 13.6. The largest absolute Gasteiger partial charge is 0.491 e. The average Bonchev–Trinajstić information content (AvgIpc) is 3.09. The standard InChI is InChI=1S/C38H50N8O4/c1-25-10-7-8-19-45(25)36(41)46-24-28(15-18-34(46)40)50-32-17-16-31(29-13-5-6-14-30(29)32)43-37(48)44-35(23-33(39)38(2,3)4)42-26-11-9-12-27(22-26)49-21-20-47/h5-6,9,11-15,18,22-25,31-32,39-42,47H,7-8,10,16-17,19-21H2,1-4H3,(H2,43,44,48)/b35-23+,39-33?,40-34?,41-36?/t25-,31+,32-/m1/s1. The number of anilines is 1. The van der Waals surface area contributed by atoms with Gasteiger partial charge in [0.15, 0.2) is 0 Å². The number of urea groups is 1. The van der Waals surface area contributed by atoms with E-state index in [0.29, 0.717) is 41.6 Å². The molecule has 2 aromatic carbocycles. The quantitative estimate of drug-likeness (QED) is 0.0981. The molecule has 1 aliphatic carbocycles. The van der Waals surface area contributed by atoms with Crippen molar-refractivity contribution in [2.45, 2.75) is 78.0 Å². The maximum absolute atomic E-state index is 13.5. The number of benzene rings is 2. The van der Waals surface area contributed by atoms with Gasteiger partial charge in [-0.15, -0.1) is 0 Å². The minimum atomic E-state index is -0.443. The van der Waals surface area contributed by atoms with Gasteiger partial charge in [0.25, 0.3) is 0 Å². The molecule has 1 saturated heterocycles. The number of aliphatic hydroxyl groups is 1. The van der Waals surface area contributed by atoms with Gasteiger partial charge < -0.3 is 35.5 Å². The van der Waals surface area contributed by atoms with E-state index in [4.69, 9.17) is 30.8 Å². The van der Waals surface area contributed by atoms with Gasteiger partial charge in [-0.2, -0.15) is 0 Å². The first-order valence-corrected chi connectivity index (χ1v) is 17.3. The SMILES string of the molecule is C[C@@H]1CCCCN1C(=N)n1cc(O[C@@H]2CC[C@H](NC(=O)N/C(=C/C(=N)C(C)(C)C)Nc3cccc(OCCO)c3)c3ccccc32)ccc1=N. The molecule has 2 heterocycles. The normalized spacial score (nSPS) is 19.2. The first-order valence-electron chi connectivity index (χ1n) is 17.3. The molecule has 3 aromatic rings. The van der Waals surface area contributed by atoms with Crippen molar-refractivity contribution in [3.05, 3.63) is 95.4 Å². The molecule has 2 aliphatic rings. The maximum Gasteiger partial charge on any atom is 0.320 e. The van der Waals surface area contributed by atoms with Crippen LogP contribution in [0.4, 0.5) is 10.5 Å². The molecule has 1 aliphatic heterocycles. The molecular formula is C38H50N8O4. The number of amides is 2. The van der Waals surface area contributed by atoms with E-state index in [9.17, 15) is 4.79 Å². The van der Waals surface area contributed by atoms with E-state index in [1.165, 1.54) is 0 Å². The van der Waals surface area contributed by atoms with Crippen molar-refractivity contribution >= 4 is 23.4 Å². The Labute approximate surface area is 294 Å². The predicted molar refractivity (Wildman–Crippen MR) is 195 cm³/mol. The Kier molecular flexibility index (Phi) is 11.6. The Morgan fingerprint density at radius 2 is 1.78 bits per heavy atom. The maximum atomic E-state index is 13.5. The van der Waals surface area contributed by atoms with Crippen molar-refractivity contribution in [3.8, 4) is 11.5 Å². The first kappa shape index (κ1) is 36.2. The van der Waals surface area contributed by atoms with Crippen molar-refractivity contribution in [3.63, 3.8) is 0 Å². The Bertz CT molecular complexity index is 1780. The number of rotatable bonds is 10. The van der Waals surface area contributed by atoms with Gasteiger partial charge in [-0.25, -0.2) is 4.79 Å². The minimum absolute atomic E-state index is 0.104. The van der Waals surface area contributed by atoms with Crippen LogP contribution in [-0.2, 0) is 0 Å². The molecule has 0 radical (unpaired) electrons. The highest BCUT2D eigenvalue weighted by Crippen LogP contribution is 2.38. The molecular weight excluding hydrogens is 632 g/mol. The first-order chi connectivity index (χ1) is 23.9. The molecule has 0 spiro atoms. The summed E-state index contributed by atoms with van der Waals surface area (Å²) in [5.74, 6) is 1.76. The second-order valence-corrected chi connectivity index (χ2v) is 13.9. The monoisotopic (exact) mass is 682 g/mol. The number of allylic oxidation sites excluding steroid dienone is 1. The third kappa shape index (κ3) is 9.12. The van der Waals surface area contributed by atoms with Crippen molar-refractivity contribution < 1.29 is 19.4 Å². The van der Waals surface area contributed by atoms with E-state index in [1.54, 1.807) is 47.2 Å². The van der Waals surface area contributed by atoms with Gasteiger partial charge in [0, 0.05) is 41.5 Å². The van der Waals surface area contributed by atoms with Crippen LogP contribution >= 0.6 is 0 Å². The van der Waals surface area contributed by atoms with E-state index in [2.05, 4.69) is 27.8 Å². The number of nitrogens with one attached hydrogen (secondary N) is 6. The van der Waals surface area contributed by atoms with Gasteiger partial charge in [0.1, 0.15) is 35.5 Å². The molecule has 0 saturated carbocycles. The van der Waals surface area contributed by atoms with E-state index in [1.807, 2.05) is 51.1 Å². The lowest BCUT2D eigenvalue weighted by Crippen LogP contribution is -2.47. The third-order valence-electron chi connectivity index (χ3n) is 9.06. The second kappa shape index (κ2) is 16.1. The van der Waals surface area contributed by atoms with Crippen LogP contribution in [0.25, 0.3) is 0 Å². The van der Waals surface area contributed by atoms with Gasteiger partial charge in [0.2, 0.25) is 5.96 Å². The van der Waals surface area contributed by atoms with Crippen LogP contribution in [0.5, 0.6) is 11.5 Å². The zero-order valence-electron chi connectivity index (χ0n) is 29.4. The van der Waals surface area contributed by atoms with E-state index in [-0.39, 0.29) is 42.8 Å². The van der Waals surface area contributed by atoms with Gasteiger partial charge in [0.05, 0.1) is 18.8 Å². The number of fused-ring (bicyclic) bond motifs is 1. The Hall–Kier alpha value is -5.10. The number of ether oxygens (including phenoxy) is 2. The van der Waals surface area contributed by atoms with E-state index >= 15 is 0 Å². The number of aliphatic hydroxyl groups excluding tert-OH is 1. The number of hydrogen-bond acceptors (Lipinski definition) is 8. The van der Waals surface area contributed by atoms with Crippen LogP contribution in [0.3, 0.4) is 0 Å². The van der Waals surface area contributed by atoms with Crippen LogP contribution < -0.4 is 30.9 Å². The van der Waals surface area contributed by atoms with Crippen LogP contribution in [-0.4, -0.2) is 58.1 Å². The molecule has 12 nitrogen and oxygen atoms in total. The Morgan fingerprint density at radius 1 is 1.00 bits per heavy atom. The number of carbonyl (C=O) groups excluding carboxylic acids is 1.